The standard InChI is InChI=1S/C20H25N3O2/c1-16(24)21-18-8-6-17(7-9-18)15-22-10-12-23(13-11-22)19-4-3-5-20(14-19)25-2/h3-9,14H,10-13,15H2,1-2H3,(H,21,24). The number of hydrogen-bond acceptors (Lipinski definition) is 4. The number of amides is 1. The molecule has 0 unspecified atom stereocenters. The summed E-state index contributed by atoms with van der Waals surface area (Å²) < 4.78 is 5.32. The molecule has 2 aromatic rings. The van der Waals surface area contributed by atoms with Crippen LogP contribution in [0.25, 0.3) is 0 Å². The van der Waals surface area contributed by atoms with Gasteiger partial charge in [0.15, 0.2) is 0 Å². The number of anilines is 2. The van der Waals surface area contributed by atoms with Gasteiger partial charge in [0.05, 0.1) is 7.11 Å². The third-order valence-electron chi connectivity index (χ3n) is 4.47. The molecule has 0 saturated carbocycles. The molecule has 1 amide bonds. The fourth-order valence-corrected chi connectivity index (χ4v) is 3.13. The van der Waals surface area contributed by atoms with Crippen molar-refractivity contribution in [2.75, 3.05) is 43.5 Å². The predicted molar refractivity (Wildman–Crippen MR) is 101 cm³/mol. The Labute approximate surface area is 149 Å². The van der Waals surface area contributed by atoms with Gasteiger partial charge in [-0.3, -0.25) is 9.69 Å². The van der Waals surface area contributed by atoms with Crippen LogP contribution in [-0.4, -0.2) is 44.1 Å². The Kier molecular flexibility index (Phi) is 5.56. The number of methoxy groups -OCH3 is 1. The third-order valence-corrected chi connectivity index (χ3v) is 4.47. The molecule has 0 aromatic heterocycles. The van der Waals surface area contributed by atoms with Gasteiger partial charge in [0.2, 0.25) is 5.91 Å². The van der Waals surface area contributed by atoms with Crippen LogP contribution >= 0.6 is 0 Å². The molecule has 1 N–H and O–H groups in total. The van der Waals surface area contributed by atoms with Crippen molar-refractivity contribution in [2.24, 2.45) is 0 Å². The molecule has 5 heteroatoms. The zero-order valence-corrected chi connectivity index (χ0v) is 14.9. The molecule has 132 valence electrons. The van der Waals surface area contributed by atoms with Crippen molar-refractivity contribution >= 4 is 17.3 Å². The SMILES string of the molecule is COc1cccc(N2CCN(Cc3ccc(NC(C)=O)cc3)CC2)c1. The maximum Gasteiger partial charge on any atom is 0.221 e. The van der Waals surface area contributed by atoms with Crippen LogP contribution < -0.4 is 15.0 Å². The first-order valence-corrected chi connectivity index (χ1v) is 8.62. The van der Waals surface area contributed by atoms with E-state index in [1.807, 2.05) is 24.3 Å². The first-order valence-electron chi connectivity index (χ1n) is 8.62. The number of nitrogens with one attached hydrogen (secondary N) is 1. The van der Waals surface area contributed by atoms with E-state index >= 15 is 0 Å². The van der Waals surface area contributed by atoms with E-state index < -0.39 is 0 Å². The molecule has 0 radical (unpaired) electrons. The van der Waals surface area contributed by atoms with Gasteiger partial charge >= 0.3 is 0 Å². The summed E-state index contributed by atoms with van der Waals surface area (Å²) in [6.07, 6.45) is 0. The topological polar surface area (TPSA) is 44.8 Å². The lowest BCUT2D eigenvalue weighted by molar-refractivity contribution is -0.114. The van der Waals surface area contributed by atoms with Gasteiger partial charge < -0.3 is 15.0 Å². The minimum atomic E-state index is -0.0404. The number of carbonyl (C=O) groups excluding carboxylic acids is 1. The van der Waals surface area contributed by atoms with Crippen LogP contribution in [0.5, 0.6) is 5.75 Å². The van der Waals surface area contributed by atoms with Crippen molar-refractivity contribution in [3.63, 3.8) is 0 Å². The van der Waals surface area contributed by atoms with E-state index in [0.717, 1.165) is 44.2 Å². The number of ether oxygens (including phenoxy) is 1. The highest BCUT2D eigenvalue weighted by Gasteiger charge is 2.17. The fraction of sp³-hybridized carbons (Fsp3) is 0.350. The molecule has 5 nitrogen and oxygen atoms in total. The summed E-state index contributed by atoms with van der Waals surface area (Å²) in [6.45, 7) is 6.55. The van der Waals surface area contributed by atoms with E-state index in [2.05, 4.69) is 39.4 Å². The molecule has 0 spiro atoms. The Balaban J connectivity index is 1.53. The average Bonchev–Trinajstić information content (AvgIpc) is 2.63. The first kappa shape index (κ1) is 17.3. The summed E-state index contributed by atoms with van der Waals surface area (Å²) >= 11 is 0. The van der Waals surface area contributed by atoms with Gasteiger partial charge in [-0.1, -0.05) is 18.2 Å². The number of nitrogens with zero attached hydrogens (tertiary/aromatic N) is 2. The molecule has 0 atom stereocenters. The van der Waals surface area contributed by atoms with Gasteiger partial charge in [-0.25, -0.2) is 0 Å². The smallest absolute Gasteiger partial charge is 0.221 e. The van der Waals surface area contributed by atoms with Crippen molar-refractivity contribution in [2.45, 2.75) is 13.5 Å². The van der Waals surface area contributed by atoms with E-state index in [9.17, 15) is 4.79 Å². The first-order chi connectivity index (χ1) is 12.1. The van der Waals surface area contributed by atoms with E-state index in [1.54, 1.807) is 7.11 Å². The Bertz CT molecular complexity index is 707. The van der Waals surface area contributed by atoms with Gasteiger partial charge in [0.25, 0.3) is 0 Å². The molecule has 0 aliphatic carbocycles. The largest absolute Gasteiger partial charge is 0.497 e. The average molecular weight is 339 g/mol. The number of carbonyl (C=O) groups is 1. The second-order valence-corrected chi connectivity index (χ2v) is 6.34. The fourth-order valence-electron chi connectivity index (χ4n) is 3.13. The highest BCUT2D eigenvalue weighted by atomic mass is 16.5. The van der Waals surface area contributed by atoms with Crippen molar-refractivity contribution in [1.29, 1.82) is 0 Å². The minimum absolute atomic E-state index is 0.0404. The van der Waals surface area contributed by atoms with Crippen LogP contribution in [-0.2, 0) is 11.3 Å². The minimum Gasteiger partial charge on any atom is -0.497 e. The van der Waals surface area contributed by atoms with E-state index in [4.69, 9.17) is 4.74 Å². The van der Waals surface area contributed by atoms with E-state index in [-0.39, 0.29) is 5.91 Å². The summed E-state index contributed by atoms with van der Waals surface area (Å²) in [5.74, 6) is 0.862. The van der Waals surface area contributed by atoms with Crippen LogP contribution in [0.4, 0.5) is 11.4 Å². The van der Waals surface area contributed by atoms with Gasteiger partial charge in [-0.15, -0.1) is 0 Å². The quantitative estimate of drug-likeness (QED) is 0.910. The van der Waals surface area contributed by atoms with Crippen LogP contribution in [0.3, 0.4) is 0 Å². The highest BCUT2D eigenvalue weighted by molar-refractivity contribution is 5.88. The van der Waals surface area contributed by atoms with Crippen molar-refractivity contribution < 1.29 is 9.53 Å². The monoisotopic (exact) mass is 339 g/mol. The molecular weight excluding hydrogens is 314 g/mol. The second kappa shape index (κ2) is 8.03. The summed E-state index contributed by atoms with van der Waals surface area (Å²) in [4.78, 5) is 15.9. The molecular formula is C20H25N3O2. The number of piperazine rings is 1. The third kappa shape index (κ3) is 4.73. The molecule has 1 aliphatic rings. The van der Waals surface area contributed by atoms with E-state index in [1.165, 1.54) is 18.2 Å². The molecule has 2 aromatic carbocycles. The van der Waals surface area contributed by atoms with Crippen LogP contribution in [0.1, 0.15) is 12.5 Å². The highest BCUT2D eigenvalue weighted by Crippen LogP contribution is 2.22. The maximum absolute atomic E-state index is 11.1. The molecule has 3 rings (SSSR count). The van der Waals surface area contributed by atoms with Gasteiger partial charge in [-0.2, -0.15) is 0 Å². The second-order valence-electron chi connectivity index (χ2n) is 6.34. The lowest BCUT2D eigenvalue weighted by atomic mass is 10.1. The number of rotatable bonds is 5. The maximum atomic E-state index is 11.1. The summed E-state index contributed by atoms with van der Waals surface area (Å²) in [6, 6.07) is 16.3. The Morgan fingerprint density at radius 3 is 2.44 bits per heavy atom. The lowest BCUT2D eigenvalue weighted by Gasteiger charge is -2.36. The van der Waals surface area contributed by atoms with Crippen LogP contribution in [0.2, 0.25) is 0 Å². The number of benzene rings is 2. The molecule has 0 bridgehead atoms. The Morgan fingerprint density at radius 2 is 1.80 bits per heavy atom. The normalized spacial score (nSPS) is 15.0. The molecule has 1 heterocycles. The van der Waals surface area contributed by atoms with Crippen molar-refractivity contribution in [1.82, 2.24) is 4.90 Å². The lowest BCUT2D eigenvalue weighted by Crippen LogP contribution is -2.45. The van der Waals surface area contributed by atoms with Crippen molar-refractivity contribution in [3.05, 3.63) is 54.1 Å². The molecule has 1 fully saturated rings. The van der Waals surface area contributed by atoms with Crippen molar-refractivity contribution in [3.8, 4) is 5.75 Å². The molecule has 1 saturated heterocycles. The van der Waals surface area contributed by atoms with Gasteiger partial charge in [0.1, 0.15) is 5.75 Å². The van der Waals surface area contributed by atoms with E-state index in [0.29, 0.717) is 0 Å². The Hall–Kier alpha value is -2.53. The summed E-state index contributed by atoms with van der Waals surface area (Å²) in [5.41, 5.74) is 3.33. The molecule has 1 aliphatic heterocycles. The van der Waals surface area contributed by atoms with Gasteiger partial charge in [-0.05, 0) is 29.8 Å². The number of hydrogen-bond donors (Lipinski definition) is 1. The summed E-state index contributed by atoms with van der Waals surface area (Å²) in [7, 11) is 1.70. The zero-order chi connectivity index (χ0) is 17.6. The predicted octanol–water partition coefficient (Wildman–Crippen LogP) is 2.98. The van der Waals surface area contributed by atoms with Gasteiger partial charge in [0, 0.05) is 57.1 Å². The zero-order valence-electron chi connectivity index (χ0n) is 14.9. The summed E-state index contributed by atoms with van der Waals surface area (Å²) in [5, 5.41) is 2.80. The van der Waals surface area contributed by atoms with Crippen LogP contribution in [0.15, 0.2) is 48.5 Å². The molecule has 25 heavy (non-hydrogen) atoms. The van der Waals surface area contributed by atoms with Crippen LogP contribution in [0, 0.1) is 0 Å². The Morgan fingerprint density at radius 1 is 1.08 bits per heavy atom.